The van der Waals surface area contributed by atoms with Crippen LogP contribution in [0.15, 0.2) is 24.4 Å². The molecule has 4 amide bonds. The first-order valence-corrected chi connectivity index (χ1v) is 8.02. The lowest BCUT2D eigenvalue weighted by Crippen LogP contribution is -2.44. The second-order valence-electron chi connectivity index (χ2n) is 5.93. The standard InChI is InChI=1S/C16H20N4O4/c21-14(9-13-15(22)19-16(23)18-13)20-7-4-12(5-8-20)24-10-11-3-1-2-6-17-11/h1-3,6,12-13H,4-5,7-10H2,(H2,18,19,22,23)/t13-/m0/s1. The Kier molecular flexibility index (Phi) is 5.05. The quantitative estimate of drug-likeness (QED) is 0.750. The number of pyridine rings is 1. The fourth-order valence-electron chi connectivity index (χ4n) is 2.86. The molecule has 128 valence electrons. The maximum atomic E-state index is 12.2. The molecule has 0 radical (unpaired) electrons. The lowest BCUT2D eigenvalue weighted by Gasteiger charge is -2.32. The smallest absolute Gasteiger partial charge is 0.322 e. The van der Waals surface area contributed by atoms with Crippen LogP contribution in [0.2, 0.25) is 0 Å². The van der Waals surface area contributed by atoms with Crippen molar-refractivity contribution >= 4 is 17.8 Å². The monoisotopic (exact) mass is 332 g/mol. The molecule has 1 atom stereocenters. The molecule has 2 aliphatic rings. The summed E-state index contributed by atoms with van der Waals surface area (Å²) in [7, 11) is 0. The van der Waals surface area contributed by atoms with E-state index < -0.39 is 18.0 Å². The average Bonchev–Trinajstić information content (AvgIpc) is 2.91. The third-order valence-corrected chi connectivity index (χ3v) is 4.23. The molecule has 0 spiro atoms. The van der Waals surface area contributed by atoms with Gasteiger partial charge in [-0.1, -0.05) is 6.07 Å². The number of likely N-dealkylation sites (tertiary alicyclic amines) is 1. The molecular weight excluding hydrogens is 312 g/mol. The van der Waals surface area contributed by atoms with Gasteiger partial charge >= 0.3 is 6.03 Å². The molecule has 0 aromatic carbocycles. The third-order valence-electron chi connectivity index (χ3n) is 4.23. The van der Waals surface area contributed by atoms with Crippen LogP contribution in [0.25, 0.3) is 0 Å². The molecule has 1 aromatic rings. The summed E-state index contributed by atoms with van der Waals surface area (Å²) in [5.41, 5.74) is 0.888. The second kappa shape index (κ2) is 7.39. The number of carbonyl (C=O) groups is 3. The molecule has 0 bridgehead atoms. The Labute approximate surface area is 139 Å². The number of ether oxygens (including phenoxy) is 1. The van der Waals surface area contributed by atoms with Gasteiger partial charge in [0.1, 0.15) is 6.04 Å². The molecule has 0 aliphatic carbocycles. The van der Waals surface area contributed by atoms with Crippen LogP contribution in [-0.2, 0) is 20.9 Å². The summed E-state index contributed by atoms with van der Waals surface area (Å²) >= 11 is 0. The lowest BCUT2D eigenvalue weighted by atomic mass is 10.1. The van der Waals surface area contributed by atoms with Gasteiger partial charge in [-0.3, -0.25) is 19.9 Å². The first kappa shape index (κ1) is 16.4. The van der Waals surface area contributed by atoms with E-state index in [1.807, 2.05) is 18.2 Å². The SMILES string of the molecule is O=C1NC(=O)[C@H](CC(=O)N2CCC(OCc3ccccn3)CC2)N1. The van der Waals surface area contributed by atoms with Crippen LogP contribution in [0, 0.1) is 0 Å². The largest absolute Gasteiger partial charge is 0.372 e. The van der Waals surface area contributed by atoms with Gasteiger partial charge in [-0.25, -0.2) is 4.79 Å². The van der Waals surface area contributed by atoms with E-state index in [0.29, 0.717) is 19.7 Å². The number of nitrogens with zero attached hydrogens (tertiary/aromatic N) is 2. The number of nitrogens with one attached hydrogen (secondary N) is 2. The van der Waals surface area contributed by atoms with Crippen LogP contribution in [0.3, 0.4) is 0 Å². The summed E-state index contributed by atoms with van der Waals surface area (Å²) in [6.45, 7) is 1.65. The molecule has 2 N–H and O–H groups in total. The van der Waals surface area contributed by atoms with E-state index in [-0.39, 0.29) is 18.4 Å². The topological polar surface area (TPSA) is 101 Å². The maximum absolute atomic E-state index is 12.2. The molecule has 2 fully saturated rings. The van der Waals surface area contributed by atoms with Crippen molar-refractivity contribution in [1.29, 1.82) is 0 Å². The zero-order valence-electron chi connectivity index (χ0n) is 13.2. The minimum atomic E-state index is -0.761. The predicted molar refractivity (Wildman–Crippen MR) is 83.7 cm³/mol. The van der Waals surface area contributed by atoms with Gasteiger partial charge in [0.2, 0.25) is 5.91 Å². The zero-order valence-corrected chi connectivity index (χ0v) is 13.2. The molecule has 0 unspecified atom stereocenters. The number of rotatable bonds is 5. The van der Waals surface area contributed by atoms with Crippen LogP contribution in [0.5, 0.6) is 0 Å². The van der Waals surface area contributed by atoms with Gasteiger partial charge in [0, 0.05) is 19.3 Å². The third kappa shape index (κ3) is 4.08. The number of amides is 4. The molecule has 3 rings (SSSR count). The van der Waals surface area contributed by atoms with Crippen LogP contribution in [0.1, 0.15) is 25.0 Å². The number of urea groups is 1. The first-order valence-electron chi connectivity index (χ1n) is 8.02. The Morgan fingerprint density at radius 3 is 2.71 bits per heavy atom. The lowest BCUT2D eigenvalue weighted by molar-refractivity contribution is -0.136. The zero-order chi connectivity index (χ0) is 16.9. The Morgan fingerprint density at radius 1 is 1.29 bits per heavy atom. The molecule has 8 heteroatoms. The Morgan fingerprint density at radius 2 is 2.08 bits per heavy atom. The van der Waals surface area contributed by atoms with Crippen molar-refractivity contribution in [3.8, 4) is 0 Å². The summed E-state index contributed by atoms with van der Waals surface area (Å²) in [5.74, 6) is -0.567. The van der Waals surface area contributed by atoms with E-state index in [0.717, 1.165) is 18.5 Å². The van der Waals surface area contributed by atoms with Crippen molar-refractivity contribution in [2.75, 3.05) is 13.1 Å². The Bertz CT molecular complexity index is 614. The molecule has 2 aliphatic heterocycles. The van der Waals surface area contributed by atoms with Gasteiger partial charge in [0.25, 0.3) is 5.91 Å². The average molecular weight is 332 g/mol. The van der Waals surface area contributed by atoms with Crippen molar-refractivity contribution in [1.82, 2.24) is 20.5 Å². The Hall–Kier alpha value is -2.48. The van der Waals surface area contributed by atoms with E-state index in [1.165, 1.54) is 0 Å². The number of imide groups is 1. The van der Waals surface area contributed by atoms with Gasteiger partial charge in [-0.15, -0.1) is 0 Å². The minimum Gasteiger partial charge on any atom is -0.372 e. The number of aromatic nitrogens is 1. The highest BCUT2D eigenvalue weighted by molar-refractivity contribution is 6.05. The summed E-state index contributed by atoms with van der Waals surface area (Å²) in [4.78, 5) is 40.7. The van der Waals surface area contributed by atoms with Gasteiger partial charge < -0.3 is 15.0 Å². The van der Waals surface area contributed by atoms with E-state index in [1.54, 1.807) is 11.1 Å². The van der Waals surface area contributed by atoms with Crippen molar-refractivity contribution in [3.05, 3.63) is 30.1 Å². The minimum absolute atomic E-state index is 0.00294. The van der Waals surface area contributed by atoms with E-state index in [2.05, 4.69) is 15.6 Å². The number of hydrogen-bond donors (Lipinski definition) is 2. The number of hydrogen-bond acceptors (Lipinski definition) is 5. The van der Waals surface area contributed by atoms with Gasteiger partial charge in [0.15, 0.2) is 0 Å². The van der Waals surface area contributed by atoms with Gasteiger partial charge in [0.05, 0.1) is 24.8 Å². The normalized spacial score (nSPS) is 21.5. The molecular formula is C16H20N4O4. The highest BCUT2D eigenvalue weighted by atomic mass is 16.5. The van der Waals surface area contributed by atoms with Gasteiger partial charge in [-0.05, 0) is 25.0 Å². The van der Waals surface area contributed by atoms with Crippen molar-refractivity contribution < 1.29 is 19.1 Å². The van der Waals surface area contributed by atoms with Crippen molar-refractivity contribution in [3.63, 3.8) is 0 Å². The van der Waals surface area contributed by atoms with Crippen LogP contribution in [0.4, 0.5) is 4.79 Å². The first-order chi connectivity index (χ1) is 11.6. The van der Waals surface area contributed by atoms with Crippen LogP contribution >= 0.6 is 0 Å². The summed E-state index contributed by atoms with van der Waals surface area (Å²) in [5, 5.41) is 4.57. The Balaban J connectivity index is 1.40. The van der Waals surface area contributed by atoms with E-state index in [4.69, 9.17) is 4.74 Å². The van der Waals surface area contributed by atoms with Crippen LogP contribution < -0.4 is 10.6 Å². The predicted octanol–water partition coefficient (Wildman–Crippen LogP) is 0.187. The van der Waals surface area contributed by atoms with Crippen molar-refractivity contribution in [2.45, 2.75) is 38.0 Å². The number of carbonyl (C=O) groups excluding carboxylic acids is 3. The molecule has 24 heavy (non-hydrogen) atoms. The van der Waals surface area contributed by atoms with Crippen LogP contribution in [-0.4, -0.2) is 53.0 Å². The summed E-state index contributed by atoms with van der Waals surface area (Å²) in [6.07, 6.45) is 3.34. The highest BCUT2D eigenvalue weighted by Gasteiger charge is 2.33. The molecule has 2 saturated heterocycles. The maximum Gasteiger partial charge on any atom is 0.322 e. The fourth-order valence-corrected chi connectivity index (χ4v) is 2.86. The molecule has 8 nitrogen and oxygen atoms in total. The van der Waals surface area contributed by atoms with E-state index in [9.17, 15) is 14.4 Å². The molecule has 3 heterocycles. The number of piperidine rings is 1. The molecule has 0 saturated carbocycles. The highest BCUT2D eigenvalue weighted by Crippen LogP contribution is 2.16. The second-order valence-corrected chi connectivity index (χ2v) is 5.93. The fraction of sp³-hybridized carbons (Fsp3) is 0.500. The molecule has 1 aromatic heterocycles. The van der Waals surface area contributed by atoms with Crippen molar-refractivity contribution in [2.24, 2.45) is 0 Å². The van der Waals surface area contributed by atoms with Gasteiger partial charge in [-0.2, -0.15) is 0 Å². The summed E-state index contributed by atoms with van der Waals surface area (Å²) < 4.78 is 5.84. The van der Waals surface area contributed by atoms with E-state index >= 15 is 0 Å². The summed E-state index contributed by atoms with van der Waals surface area (Å²) in [6, 6.07) is 4.40.